The number of nitrogens with one attached hydrogen (secondary N) is 1. The minimum atomic E-state index is -1.06. The van der Waals surface area contributed by atoms with Crippen molar-refractivity contribution in [2.75, 3.05) is 5.32 Å². The van der Waals surface area contributed by atoms with Crippen molar-refractivity contribution in [1.29, 1.82) is 0 Å². The average Bonchev–Trinajstić information content (AvgIpc) is 2.58. The standard InChI is InChI=1S/C16H14FN3O/c1-9-4-2-5-10(8-9)13-11-6-3-7-12(17)14(11)20-16(21)15(18)19-13/h2-8,15H,18H2,1H3,(H,20,21). The Labute approximate surface area is 121 Å². The summed E-state index contributed by atoms with van der Waals surface area (Å²) in [4.78, 5) is 16.1. The number of nitrogens with zero attached hydrogens (tertiary/aromatic N) is 1. The lowest BCUT2D eigenvalue weighted by molar-refractivity contribution is -0.117. The SMILES string of the molecule is Cc1cccc(C2=NC(N)C(=O)Nc3c(F)cccc32)c1. The first kappa shape index (κ1) is 13.5. The van der Waals surface area contributed by atoms with Gasteiger partial charge in [-0.1, -0.05) is 35.9 Å². The Morgan fingerprint density at radius 1 is 1.24 bits per heavy atom. The van der Waals surface area contributed by atoms with E-state index in [1.54, 1.807) is 12.1 Å². The number of halogens is 1. The van der Waals surface area contributed by atoms with E-state index in [0.29, 0.717) is 11.3 Å². The summed E-state index contributed by atoms with van der Waals surface area (Å²) >= 11 is 0. The van der Waals surface area contributed by atoms with Gasteiger partial charge in [0.1, 0.15) is 5.82 Å². The summed E-state index contributed by atoms with van der Waals surface area (Å²) < 4.78 is 14.0. The Balaban J connectivity index is 2.25. The van der Waals surface area contributed by atoms with Gasteiger partial charge in [0.25, 0.3) is 5.91 Å². The molecule has 1 aliphatic rings. The van der Waals surface area contributed by atoms with Gasteiger partial charge in [-0.25, -0.2) is 4.39 Å². The van der Waals surface area contributed by atoms with E-state index < -0.39 is 17.9 Å². The van der Waals surface area contributed by atoms with Crippen molar-refractivity contribution in [2.24, 2.45) is 10.7 Å². The molecular weight excluding hydrogens is 269 g/mol. The molecule has 1 atom stereocenters. The van der Waals surface area contributed by atoms with Gasteiger partial charge in [0.15, 0.2) is 6.17 Å². The number of rotatable bonds is 1. The number of benzene rings is 2. The van der Waals surface area contributed by atoms with Gasteiger partial charge < -0.3 is 11.1 Å². The Kier molecular flexibility index (Phi) is 3.27. The third kappa shape index (κ3) is 2.43. The molecule has 4 nitrogen and oxygen atoms in total. The number of aryl methyl sites for hydroxylation is 1. The van der Waals surface area contributed by atoms with E-state index in [4.69, 9.17) is 5.73 Å². The number of carbonyl (C=O) groups excluding carboxylic acids is 1. The predicted molar refractivity (Wildman–Crippen MR) is 79.8 cm³/mol. The normalized spacial score (nSPS) is 17.6. The summed E-state index contributed by atoms with van der Waals surface area (Å²) in [5.41, 5.74) is 8.76. The number of fused-ring (bicyclic) bond motifs is 1. The molecule has 106 valence electrons. The zero-order valence-corrected chi connectivity index (χ0v) is 11.4. The Morgan fingerprint density at radius 3 is 2.76 bits per heavy atom. The third-order valence-electron chi connectivity index (χ3n) is 3.35. The molecule has 0 saturated heterocycles. The van der Waals surface area contributed by atoms with Crippen LogP contribution in [-0.2, 0) is 4.79 Å². The number of benzodiazepines with no additional fused rings is 1. The van der Waals surface area contributed by atoms with E-state index in [-0.39, 0.29) is 5.69 Å². The number of aliphatic imine (C=N–C) groups is 1. The maximum Gasteiger partial charge on any atom is 0.263 e. The Bertz CT molecular complexity index is 755. The van der Waals surface area contributed by atoms with Crippen molar-refractivity contribution >= 4 is 17.3 Å². The molecule has 0 bridgehead atoms. The smallest absolute Gasteiger partial charge is 0.263 e. The van der Waals surface area contributed by atoms with Crippen molar-refractivity contribution in [3.63, 3.8) is 0 Å². The highest BCUT2D eigenvalue weighted by Gasteiger charge is 2.25. The van der Waals surface area contributed by atoms with E-state index in [0.717, 1.165) is 11.1 Å². The highest BCUT2D eigenvalue weighted by Crippen LogP contribution is 2.26. The van der Waals surface area contributed by atoms with E-state index in [1.807, 2.05) is 31.2 Å². The molecule has 0 saturated carbocycles. The van der Waals surface area contributed by atoms with Crippen LogP contribution in [0.3, 0.4) is 0 Å². The molecule has 0 spiro atoms. The lowest BCUT2D eigenvalue weighted by Gasteiger charge is -2.11. The monoisotopic (exact) mass is 283 g/mol. The molecule has 1 amide bonds. The second kappa shape index (κ2) is 5.10. The molecule has 5 heteroatoms. The molecule has 21 heavy (non-hydrogen) atoms. The fraction of sp³-hybridized carbons (Fsp3) is 0.125. The first-order valence-corrected chi connectivity index (χ1v) is 6.56. The lowest BCUT2D eigenvalue weighted by Crippen LogP contribution is -2.33. The molecule has 2 aromatic rings. The summed E-state index contributed by atoms with van der Waals surface area (Å²) in [7, 11) is 0. The van der Waals surface area contributed by atoms with Crippen LogP contribution in [0.5, 0.6) is 0 Å². The maximum absolute atomic E-state index is 14.0. The van der Waals surface area contributed by atoms with Crippen molar-refractivity contribution in [3.8, 4) is 0 Å². The van der Waals surface area contributed by atoms with Crippen LogP contribution in [0.25, 0.3) is 0 Å². The average molecular weight is 283 g/mol. The van der Waals surface area contributed by atoms with Crippen LogP contribution >= 0.6 is 0 Å². The molecule has 1 unspecified atom stereocenters. The highest BCUT2D eigenvalue weighted by molar-refractivity contribution is 6.19. The van der Waals surface area contributed by atoms with Gasteiger partial charge in [-0.2, -0.15) is 0 Å². The second-order valence-corrected chi connectivity index (χ2v) is 4.94. The van der Waals surface area contributed by atoms with Crippen LogP contribution in [0.15, 0.2) is 47.5 Å². The highest BCUT2D eigenvalue weighted by atomic mass is 19.1. The Hall–Kier alpha value is -2.53. The van der Waals surface area contributed by atoms with Gasteiger partial charge in [0.05, 0.1) is 11.4 Å². The first-order chi connectivity index (χ1) is 10.1. The lowest BCUT2D eigenvalue weighted by atomic mass is 9.99. The van der Waals surface area contributed by atoms with Crippen molar-refractivity contribution in [3.05, 3.63) is 65.0 Å². The Morgan fingerprint density at radius 2 is 2.00 bits per heavy atom. The van der Waals surface area contributed by atoms with Crippen LogP contribution in [0, 0.1) is 12.7 Å². The van der Waals surface area contributed by atoms with E-state index in [9.17, 15) is 9.18 Å². The number of hydrogen-bond donors (Lipinski definition) is 2. The molecule has 0 aromatic heterocycles. The van der Waals surface area contributed by atoms with Crippen LogP contribution in [-0.4, -0.2) is 17.8 Å². The number of anilines is 1. The molecule has 2 aromatic carbocycles. The first-order valence-electron chi connectivity index (χ1n) is 6.56. The van der Waals surface area contributed by atoms with Crippen LogP contribution in [0.1, 0.15) is 16.7 Å². The summed E-state index contributed by atoms with van der Waals surface area (Å²) in [5.74, 6) is -1.03. The van der Waals surface area contributed by atoms with Crippen molar-refractivity contribution < 1.29 is 9.18 Å². The van der Waals surface area contributed by atoms with Gasteiger partial charge in [0.2, 0.25) is 0 Å². The number of nitrogens with two attached hydrogens (primary N) is 1. The second-order valence-electron chi connectivity index (χ2n) is 4.94. The quantitative estimate of drug-likeness (QED) is 0.842. The predicted octanol–water partition coefficient (Wildman–Crippen LogP) is 2.21. The summed E-state index contributed by atoms with van der Waals surface area (Å²) in [6.07, 6.45) is -1.06. The molecule has 0 fully saturated rings. The summed E-state index contributed by atoms with van der Waals surface area (Å²) in [6.45, 7) is 1.95. The van der Waals surface area contributed by atoms with Crippen LogP contribution in [0.2, 0.25) is 0 Å². The van der Waals surface area contributed by atoms with Crippen LogP contribution in [0.4, 0.5) is 10.1 Å². The summed E-state index contributed by atoms with van der Waals surface area (Å²) in [6, 6.07) is 12.2. The zero-order chi connectivity index (χ0) is 15.0. The maximum atomic E-state index is 14.0. The van der Waals surface area contributed by atoms with E-state index in [1.165, 1.54) is 6.07 Å². The van der Waals surface area contributed by atoms with E-state index >= 15 is 0 Å². The number of para-hydroxylation sites is 1. The van der Waals surface area contributed by atoms with Crippen molar-refractivity contribution in [1.82, 2.24) is 0 Å². The van der Waals surface area contributed by atoms with E-state index in [2.05, 4.69) is 10.3 Å². The molecule has 0 radical (unpaired) electrons. The minimum absolute atomic E-state index is 0.121. The number of amides is 1. The molecule has 1 heterocycles. The van der Waals surface area contributed by atoms with Gasteiger partial charge >= 0.3 is 0 Å². The molecule has 1 aliphatic heterocycles. The molecule has 3 rings (SSSR count). The van der Waals surface area contributed by atoms with Gasteiger partial charge in [0, 0.05) is 11.1 Å². The topological polar surface area (TPSA) is 67.5 Å². The van der Waals surface area contributed by atoms with Gasteiger partial charge in [-0.05, 0) is 19.1 Å². The van der Waals surface area contributed by atoms with Gasteiger partial charge in [-0.3, -0.25) is 9.79 Å². The fourth-order valence-electron chi connectivity index (χ4n) is 2.34. The minimum Gasteiger partial charge on any atom is -0.320 e. The molecule has 0 aliphatic carbocycles. The number of carbonyl (C=O) groups is 1. The van der Waals surface area contributed by atoms with Crippen molar-refractivity contribution in [2.45, 2.75) is 13.1 Å². The zero-order valence-electron chi connectivity index (χ0n) is 11.4. The number of hydrogen-bond acceptors (Lipinski definition) is 3. The van der Waals surface area contributed by atoms with Crippen LogP contribution < -0.4 is 11.1 Å². The third-order valence-corrected chi connectivity index (χ3v) is 3.35. The largest absolute Gasteiger partial charge is 0.320 e. The van der Waals surface area contributed by atoms with Gasteiger partial charge in [-0.15, -0.1) is 0 Å². The summed E-state index contributed by atoms with van der Waals surface area (Å²) in [5, 5.41) is 2.50. The molecule has 3 N–H and O–H groups in total. The fourth-order valence-corrected chi connectivity index (χ4v) is 2.34. The molecular formula is C16H14FN3O.